The van der Waals surface area contributed by atoms with Crippen LogP contribution >= 0.6 is 0 Å². The smallest absolute Gasteiger partial charge is 0.220 e. The van der Waals surface area contributed by atoms with E-state index in [-0.39, 0.29) is 11.9 Å². The Balaban J connectivity index is 1.55. The summed E-state index contributed by atoms with van der Waals surface area (Å²) in [6, 6.07) is 8.85. The predicted octanol–water partition coefficient (Wildman–Crippen LogP) is 4.88. The molecular weight excluding hydrogens is 412 g/mol. The van der Waals surface area contributed by atoms with E-state index in [0.717, 1.165) is 71.7 Å². The maximum Gasteiger partial charge on any atom is 0.220 e. The van der Waals surface area contributed by atoms with Crippen molar-refractivity contribution in [1.82, 2.24) is 25.1 Å². The minimum atomic E-state index is 0.172. The van der Waals surface area contributed by atoms with Gasteiger partial charge in [-0.2, -0.15) is 5.10 Å². The summed E-state index contributed by atoms with van der Waals surface area (Å²) in [5.41, 5.74) is 3.98. The van der Waals surface area contributed by atoms with Crippen LogP contribution < -0.4 is 10.6 Å². The van der Waals surface area contributed by atoms with Crippen molar-refractivity contribution in [2.24, 2.45) is 5.92 Å². The molecule has 1 aromatic carbocycles. The van der Waals surface area contributed by atoms with Crippen molar-refractivity contribution in [3.05, 3.63) is 41.3 Å². The SMILES string of the molecule is CCc1nc(NC2CCC(NC(=O)CC(C)C)CC2)c2c(C)nn(-c3ccccc3C)c2n1. The molecule has 1 saturated carbocycles. The number of aromatic nitrogens is 4. The molecule has 0 unspecified atom stereocenters. The molecule has 3 aromatic rings. The first kappa shape index (κ1) is 23.2. The third-order valence-corrected chi connectivity index (χ3v) is 6.44. The number of hydrogen-bond donors (Lipinski definition) is 2. The second-order valence-electron chi connectivity index (χ2n) is 9.68. The van der Waals surface area contributed by atoms with E-state index in [2.05, 4.69) is 50.5 Å². The molecule has 1 fully saturated rings. The number of para-hydroxylation sites is 1. The Bertz CT molecular complexity index is 1130. The van der Waals surface area contributed by atoms with Gasteiger partial charge in [-0.05, 0) is 57.1 Å². The molecule has 7 heteroatoms. The number of fused-ring (bicyclic) bond motifs is 1. The van der Waals surface area contributed by atoms with Gasteiger partial charge < -0.3 is 10.6 Å². The Labute approximate surface area is 196 Å². The van der Waals surface area contributed by atoms with Gasteiger partial charge in [0.05, 0.1) is 16.8 Å². The maximum absolute atomic E-state index is 12.1. The summed E-state index contributed by atoms with van der Waals surface area (Å²) in [6.07, 6.45) is 5.34. The highest BCUT2D eigenvalue weighted by Gasteiger charge is 2.25. The van der Waals surface area contributed by atoms with Gasteiger partial charge in [-0.3, -0.25) is 4.79 Å². The zero-order valence-corrected chi connectivity index (χ0v) is 20.5. The summed E-state index contributed by atoms with van der Waals surface area (Å²) in [4.78, 5) is 21.9. The fourth-order valence-electron chi connectivity index (χ4n) is 4.69. The van der Waals surface area contributed by atoms with Crippen LogP contribution in [0.3, 0.4) is 0 Å². The largest absolute Gasteiger partial charge is 0.367 e. The van der Waals surface area contributed by atoms with Crippen molar-refractivity contribution in [2.75, 3.05) is 5.32 Å². The van der Waals surface area contributed by atoms with Crippen molar-refractivity contribution in [3.63, 3.8) is 0 Å². The molecule has 0 radical (unpaired) electrons. The van der Waals surface area contributed by atoms with Gasteiger partial charge in [0, 0.05) is 24.9 Å². The number of rotatable bonds is 7. The highest BCUT2D eigenvalue weighted by Crippen LogP contribution is 2.30. The Morgan fingerprint density at radius 1 is 1.09 bits per heavy atom. The average molecular weight is 449 g/mol. The second kappa shape index (κ2) is 9.89. The number of nitrogens with zero attached hydrogens (tertiary/aromatic N) is 4. The van der Waals surface area contributed by atoms with Crippen molar-refractivity contribution >= 4 is 22.8 Å². The molecule has 1 aliphatic carbocycles. The molecule has 4 rings (SSSR count). The zero-order chi connectivity index (χ0) is 23.5. The zero-order valence-electron chi connectivity index (χ0n) is 20.5. The lowest BCUT2D eigenvalue weighted by Crippen LogP contribution is -2.40. The van der Waals surface area contributed by atoms with E-state index in [9.17, 15) is 4.79 Å². The quantitative estimate of drug-likeness (QED) is 0.538. The molecule has 0 saturated heterocycles. The third-order valence-electron chi connectivity index (χ3n) is 6.44. The summed E-state index contributed by atoms with van der Waals surface area (Å²) < 4.78 is 1.95. The first-order chi connectivity index (χ1) is 15.9. The Kier molecular flexibility index (Phi) is 6.96. The number of carbonyl (C=O) groups is 1. The van der Waals surface area contributed by atoms with Crippen LogP contribution in [0.25, 0.3) is 16.7 Å². The lowest BCUT2D eigenvalue weighted by molar-refractivity contribution is -0.122. The van der Waals surface area contributed by atoms with Gasteiger partial charge in [0.2, 0.25) is 5.91 Å². The standard InChI is InChI=1S/C26H36N6O/c1-6-22-29-25(28-20-13-11-19(12-14-20)27-23(33)15-16(2)3)24-18(5)31-32(26(24)30-22)21-10-8-7-9-17(21)4/h7-10,16,19-20H,6,11-15H2,1-5H3,(H,27,33)(H,28,29,30). The van der Waals surface area contributed by atoms with Crippen LogP contribution in [-0.2, 0) is 11.2 Å². The monoisotopic (exact) mass is 448 g/mol. The van der Waals surface area contributed by atoms with E-state index < -0.39 is 0 Å². The molecule has 2 N–H and O–H groups in total. The van der Waals surface area contributed by atoms with Gasteiger partial charge in [-0.25, -0.2) is 14.6 Å². The van der Waals surface area contributed by atoms with Gasteiger partial charge in [0.1, 0.15) is 11.6 Å². The van der Waals surface area contributed by atoms with Crippen LogP contribution in [0.15, 0.2) is 24.3 Å². The van der Waals surface area contributed by atoms with E-state index in [1.54, 1.807) is 0 Å². The normalized spacial score (nSPS) is 18.6. The number of nitrogens with one attached hydrogen (secondary N) is 2. The number of carbonyl (C=O) groups excluding carboxylic acids is 1. The molecule has 0 aliphatic heterocycles. The van der Waals surface area contributed by atoms with Crippen molar-refractivity contribution in [2.45, 2.75) is 85.2 Å². The molecule has 33 heavy (non-hydrogen) atoms. The predicted molar refractivity (Wildman–Crippen MR) is 133 cm³/mol. The van der Waals surface area contributed by atoms with E-state index >= 15 is 0 Å². The summed E-state index contributed by atoms with van der Waals surface area (Å²) in [7, 11) is 0. The topological polar surface area (TPSA) is 84.7 Å². The molecule has 2 heterocycles. The first-order valence-electron chi connectivity index (χ1n) is 12.2. The van der Waals surface area contributed by atoms with Crippen molar-refractivity contribution < 1.29 is 4.79 Å². The number of benzene rings is 1. The van der Waals surface area contributed by atoms with E-state index in [1.165, 1.54) is 0 Å². The van der Waals surface area contributed by atoms with Crippen LogP contribution in [0.2, 0.25) is 0 Å². The Morgan fingerprint density at radius 2 is 1.79 bits per heavy atom. The molecule has 0 atom stereocenters. The van der Waals surface area contributed by atoms with E-state index in [0.29, 0.717) is 18.4 Å². The Hall–Kier alpha value is -2.96. The average Bonchev–Trinajstić information content (AvgIpc) is 3.11. The second-order valence-corrected chi connectivity index (χ2v) is 9.68. The molecule has 2 aromatic heterocycles. The molecule has 1 amide bonds. The van der Waals surface area contributed by atoms with Crippen LogP contribution in [-0.4, -0.2) is 37.7 Å². The lowest BCUT2D eigenvalue weighted by atomic mass is 9.91. The minimum Gasteiger partial charge on any atom is -0.367 e. The van der Waals surface area contributed by atoms with Crippen molar-refractivity contribution in [3.8, 4) is 5.69 Å². The number of amides is 1. The number of hydrogen-bond acceptors (Lipinski definition) is 5. The summed E-state index contributed by atoms with van der Waals surface area (Å²) in [5, 5.41) is 12.8. The fourth-order valence-corrected chi connectivity index (χ4v) is 4.69. The highest BCUT2D eigenvalue weighted by atomic mass is 16.1. The van der Waals surface area contributed by atoms with Gasteiger partial charge in [-0.15, -0.1) is 0 Å². The maximum atomic E-state index is 12.1. The van der Waals surface area contributed by atoms with Crippen molar-refractivity contribution in [1.29, 1.82) is 0 Å². The van der Waals surface area contributed by atoms with Crippen LogP contribution in [0.5, 0.6) is 0 Å². The van der Waals surface area contributed by atoms with Gasteiger partial charge in [-0.1, -0.05) is 39.0 Å². The molecule has 0 bridgehead atoms. The first-order valence-corrected chi connectivity index (χ1v) is 12.2. The third kappa shape index (κ3) is 5.18. The van der Waals surface area contributed by atoms with Gasteiger partial charge in [0.25, 0.3) is 0 Å². The molecule has 0 spiro atoms. The number of anilines is 1. The summed E-state index contributed by atoms with van der Waals surface area (Å²) in [6.45, 7) is 10.4. The summed E-state index contributed by atoms with van der Waals surface area (Å²) in [5.74, 6) is 2.25. The molecule has 7 nitrogen and oxygen atoms in total. The van der Waals surface area contributed by atoms with Crippen LogP contribution in [0, 0.1) is 19.8 Å². The molecule has 176 valence electrons. The van der Waals surface area contributed by atoms with Gasteiger partial charge >= 0.3 is 0 Å². The molecular formula is C26H36N6O. The highest BCUT2D eigenvalue weighted by molar-refractivity contribution is 5.90. The van der Waals surface area contributed by atoms with E-state index in [4.69, 9.17) is 15.1 Å². The minimum absolute atomic E-state index is 0.172. The Morgan fingerprint density at radius 3 is 2.45 bits per heavy atom. The van der Waals surface area contributed by atoms with E-state index in [1.807, 2.05) is 23.7 Å². The summed E-state index contributed by atoms with van der Waals surface area (Å²) >= 11 is 0. The molecule has 1 aliphatic rings. The lowest BCUT2D eigenvalue weighted by Gasteiger charge is -2.30. The fraction of sp³-hybridized carbons (Fsp3) is 0.538. The van der Waals surface area contributed by atoms with Crippen LogP contribution in [0.1, 0.15) is 70.0 Å². The van der Waals surface area contributed by atoms with Gasteiger partial charge in [0.15, 0.2) is 5.65 Å². The van der Waals surface area contributed by atoms with Crippen LogP contribution in [0.4, 0.5) is 5.82 Å². The number of aryl methyl sites for hydroxylation is 3.